The van der Waals surface area contributed by atoms with Crippen LogP contribution >= 0.6 is 0 Å². The Hall–Kier alpha value is -3.02. The number of rotatable bonds is 4. The third-order valence-corrected chi connectivity index (χ3v) is 2.96. The van der Waals surface area contributed by atoms with Gasteiger partial charge in [-0.1, -0.05) is 11.2 Å². The molecule has 2 heterocycles. The molecule has 2 aromatic heterocycles. The van der Waals surface area contributed by atoms with Crippen LogP contribution in [-0.4, -0.2) is 16.0 Å². The van der Waals surface area contributed by atoms with Gasteiger partial charge in [0.15, 0.2) is 5.76 Å². The molecule has 1 N–H and O–H groups in total. The van der Waals surface area contributed by atoms with Gasteiger partial charge in [0.1, 0.15) is 11.6 Å². The van der Waals surface area contributed by atoms with Crippen LogP contribution in [0.4, 0.5) is 10.2 Å². The molecule has 110 valence electrons. The van der Waals surface area contributed by atoms with Gasteiger partial charge in [-0.15, -0.1) is 0 Å². The number of hydrogen-bond acceptors (Lipinski definition) is 4. The number of carbonyl (C=O) groups excluding carboxylic acids is 1. The van der Waals surface area contributed by atoms with Crippen molar-refractivity contribution in [2.75, 3.05) is 5.32 Å². The Morgan fingerprint density at radius 1 is 1.18 bits per heavy atom. The summed E-state index contributed by atoms with van der Waals surface area (Å²) in [6, 6.07) is 12.8. The van der Waals surface area contributed by atoms with Gasteiger partial charge in [-0.2, -0.15) is 0 Å². The molecule has 1 aromatic carbocycles. The molecular formula is C16H12FN3O2. The van der Waals surface area contributed by atoms with Gasteiger partial charge < -0.3 is 9.84 Å². The smallest absolute Gasteiger partial charge is 0.231 e. The molecule has 0 aliphatic heterocycles. The second-order valence-electron chi connectivity index (χ2n) is 4.63. The van der Waals surface area contributed by atoms with E-state index in [9.17, 15) is 9.18 Å². The SMILES string of the molecule is O=C(Cc1cc(-c2ccc(F)cc2)on1)Nc1ccccn1. The molecule has 0 radical (unpaired) electrons. The van der Waals surface area contributed by atoms with Gasteiger partial charge in [0.05, 0.1) is 12.1 Å². The van der Waals surface area contributed by atoms with E-state index in [-0.39, 0.29) is 18.1 Å². The molecule has 0 unspecified atom stereocenters. The maximum Gasteiger partial charge on any atom is 0.231 e. The number of nitrogens with one attached hydrogen (secondary N) is 1. The molecule has 0 spiro atoms. The Balaban J connectivity index is 1.66. The first-order valence-electron chi connectivity index (χ1n) is 6.63. The summed E-state index contributed by atoms with van der Waals surface area (Å²) < 4.78 is 18.1. The lowest BCUT2D eigenvalue weighted by atomic mass is 10.1. The average Bonchev–Trinajstić information content (AvgIpc) is 2.97. The highest BCUT2D eigenvalue weighted by Gasteiger charge is 2.11. The summed E-state index contributed by atoms with van der Waals surface area (Å²) in [7, 11) is 0. The summed E-state index contributed by atoms with van der Waals surface area (Å²) >= 11 is 0. The van der Waals surface area contributed by atoms with Crippen molar-refractivity contribution in [3.05, 3.63) is 66.2 Å². The molecule has 22 heavy (non-hydrogen) atoms. The van der Waals surface area contributed by atoms with Gasteiger partial charge in [0.2, 0.25) is 5.91 Å². The first kappa shape index (κ1) is 13.9. The molecule has 0 saturated carbocycles. The maximum atomic E-state index is 12.9. The predicted molar refractivity (Wildman–Crippen MR) is 78.5 cm³/mol. The van der Waals surface area contributed by atoms with Crippen LogP contribution in [0.2, 0.25) is 0 Å². The Morgan fingerprint density at radius 3 is 2.73 bits per heavy atom. The normalized spacial score (nSPS) is 10.4. The molecule has 6 heteroatoms. The zero-order valence-electron chi connectivity index (χ0n) is 11.5. The number of halogens is 1. The number of hydrogen-bond donors (Lipinski definition) is 1. The van der Waals surface area contributed by atoms with Crippen LogP contribution < -0.4 is 5.32 Å². The van der Waals surface area contributed by atoms with Gasteiger partial charge in [0.25, 0.3) is 0 Å². The highest BCUT2D eigenvalue weighted by molar-refractivity contribution is 5.91. The highest BCUT2D eigenvalue weighted by Crippen LogP contribution is 2.20. The lowest BCUT2D eigenvalue weighted by Gasteiger charge is -2.01. The summed E-state index contributed by atoms with van der Waals surface area (Å²) in [5.41, 5.74) is 1.19. The van der Waals surface area contributed by atoms with Gasteiger partial charge in [0, 0.05) is 17.8 Å². The standard InChI is InChI=1S/C16H12FN3O2/c17-12-6-4-11(5-7-12)14-9-13(20-22-14)10-16(21)19-15-3-1-2-8-18-15/h1-9H,10H2,(H,18,19,21). The maximum absolute atomic E-state index is 12.9. The topological polar surface area (TPSA) is 68.0 Å². The van der Waals surface area contributed by atoms with Crippen LogP contribution in [0, 0.1) is 5.82 Å². The van der Waals surface area contributed by atoms with Crippen molar-refractivity contribution in [1.82, 2.24) is 10.1 Å². The molecule has 3 aromatic rings. The van der Waals surface area contributed by atoms with Crippen molar-refractivity contribution in [3.8, 4) is 11.3 Å². The lowest BCUT2D eigenvalue weighted by Crippen LogP contribution is -2.15. The Labute approximate surface area is 125 Å². The van der Waals surface area contributed by atoms with Crippen molar-refractivity contribution in [1.29, 1.82) is 0 Å². The van der Waals surface area contributed by atoms with Gasteiger partial charge in [-0.05, 0) is 36.4 Å². The van der Waals surface area contributed by atoms with E-state index in [1.807, 2.05) is 0 Å². The monoisotopic (exact) mass is 297 g/mol. The molecule has 0 fully saturated rings. The van der Waals surface area contributed by atoms with Crippen LogP contribution in [0.5, 0.6) is 0 Å². The summed E-state index contributed by atoms with van der Waals surface area (Å²) in [6.07, 6.45) is 1.67. The van der Waals surface area contributed by atoms with Crippen LogP contribution in [0.15, 0.2) is 59.3 Å². The fraction of sp³-hybridized carbons (Fsp3) is 0.0625. The molecule has 0 aliphatic carbocycles. The van der Waals surface area contributed by atoms with E-state index in [1.54, 1.807) is 42.6 Å². The first-order valence-corrected chi connectivity index (χ1v) is 6.63. The van der Waals surface area contributed by atoms with E-state index in [4.69, 9.17) is 4.52 Å². The summed E-state index contributed by atoms with van der Waals surface area (Å²) in [6.45, 7) is 0. The molecule has 5 nitrogen and oxygen atoms in total. The van der Waals surface area contributed by atoms with Crippen molar-refractivity contribution >= 4 is 11.7 Å². The second-order valence-corrected chi connectivity index (χ2v) is 4.63. The Kier molecular flexibility index (Phi) is 3.91. The van der Waals surface area contributed by atoms with Crippen molar-refractivity contribution in [2.45, 2.75) is 6.42 Å². The van der Waals surface area contributed by atoms with Crippen molar-refractivity contribution in [3.63, 3.8) is 0 Å². The molecule has 0 saturated heterocycles. The minimum absolute atomic E-state index is 0.0707. The van der Waals surface area contributed by atoms with Crippen LogP contribution in [0.3, 0.4) is 0 Å². The molecule has 0 aliphatic rings. The van der Waals surface area contributed by atoms with E-state index < -0.39 is 0 Å². The average molecular weight is 297 g/mol. The summed E-state index contributed by atoms with van der Waals surface area (Å²) in [4.78, 5) is 15.9. The fourth-order valence-corrected chi connectivity index (χ4v) is 1.93. The molecular weight excluding hydrogens is 285 g/mol. The fourth-order valence-electron chi connectivity index (χ4n) is 1.93. The number of amides is 1. The van der Waals surface area contributed by atoms with E-state index in [0.717, 1.165) is 0 Å². The molecule has 1 amide bonds. The Morgan fingerprint density at radius 2 is 2.00 bits per heavy atom. The summed E-state index contributed by atoms with van der Waals surface area (Å²) in [5, 5.41) is 6.51. The van der Waals surface area contributed by atoms with E-state index in [2.05, 4.69) is 15.5 Å². The van der Waals surface area contributed by atoms with E-state index >= 15 is 0 Å². The number of carbonyl (C=O) groups is 1. The zero-order valence-corrected chi connectivity index (χ0v) is 11.5. The third-order valence-electron chi connectivity index (χ3n) is 2.96. The lowest BCUT2D eigenvalue weighted by molar-refractivity contribution is -0.115. The Bertz CT molecular complexity index is 770. The van der Waals surface area contributed by atoms with Crippen molar-refractivity contribution < 1.29 is 13.7 Å². The highest BCUT2D eigenvalue weighted by atomic mass is 19.1. The number of nitrogens with zero attached hydrogens (tertiary/aromatic N) is 2. The number of benzene rings is 1. The van der Waals surface area contributed by atoms with E-state index in [0.29, 0.717) is 22.8 Å². The summed E-state index contributed by atoms with van der Waals surface area (Å²) in [5.74, 6) is 0.409. The number of aromatic nitrogens is 2. The predicted octanol–water partition coefficient (Wildman–Crippen LogP) is 3.06. The van der Waals surface area contributed by atoms with Crippen LogP contribution in [0.25, 0.3) is 11.3 Å². The minimum Gasteiger partial charge on any atom is -0.356 e. The van der Waals surface area contributed by atoms with Gasteiger partial charge in [-0.3, -0.25) is 4.79 Å². The largest absolute Gasteiger partial charge is 0.356 e. The van der Waals surface area contributed by atoms with Gasteiger partial charge >= 0.3 is 0 Å². The van der Waals surface area contributed by atoms with Crippen LogP contribution in [0.1, 0.15) is 5.69 Å². The zero-order chi connectivity index (χ0) is 15.4. The number of pyridine rings is 1. The van der Waals surface area contributed by atoms with Crippen LogP contribution in [-0.2, 0) is 11.2 Å². The minimum atomic E-state index is -0.321. The number of anilines is 1. The molecule has 3 rings (SSSR count). The quantitative estimate of drug-likeness (QED) is 0.803. The third kappa shape index (κ3) is 3.35. The van der Waals surface area contributed by atoms with Gasteiger partial charge in [-0.25, -0.2) is 9.37 Å². The van der Waals surface area contributed by atoms with Crippen molar-refractivity contribution in [2.24, 2.45) is 0 Å². The molecule has 0 bridgehead atoms. The second kappa shape index (κ2) is 6.17. The first-order chi connectivity index (χ1) is 10.7. The van der Waals surface area contributed by atoms with E-state index in [1.165, 1.54) is 12.1 Å². The molecule has 0 atom stereocenters.